The molecule has 3 nitrogen and oxygen atoms in total. The number of halogens is 1. The van der Waals surface area contributed by atoms with Crippen LogP contribution >= 0.6 is 0 Å². The molecule has 0 spiro atoms. The van der Waals surface area contributed by atoms with E-state index in [9.17, 15) is 4.39 Å². The van der Waals surface area contributed by atoms with Gasteiger partial charge in [0.1, 0.15) is 5.82 Å². The molecule has 1 aromatic carbocycles. The van der Waals surface area contributed by atoms with Crippen LogP contribution in [0.25, 0.3) is 0 Å². The molecule has 0 N–H and O–H groups in total. The number of ether oxygens (including phenoxy) is 3. The molecule has 0 saturated carbocycles. The van der Waals surface area contributed by atoms with Crippen LogP contribution in [0.1, 0.15) is 0 Å². The molecule has 0 aliphatic heterocycles. The van der Waals surface area contributed by atoms with Crippen molar-refractivity contribution in [2.75, 3.05) is 21.3 Å². The van der Waals surface area contributed by atoms with E-state index < -0.39 is 15.1 Å². The van der Waals surface area contributed by atoms with Crippen LogP contribution in [-0.4, -0.2) is 36.4 Å². The average Bonchev–Trinajstić information content (AvgIpc) is 2.29. The molecule has 0 atom stereocenters. The maximum Gasteiger partial charge on any atom is 0.253 e. The fourth-order valence-electron chi connectivity index (χ4n) is 1.32. The van der Waals surface area contributed by atoms with E-state index in [2.05, 4.69) is 0 Å². The van der Waals surface area contributed by atoms with Crippen molar-refractivity contribution in [3.05, 3.63) is 30.1 Å². The second kappa shape index (κ2) is 5.36. The maximum atomic E-state index is 12.7. The molecule has 0 aromatic heterocycles. The smallest absolute Gasteiger partial charge is 0.253 e. The molecule has 0 aliphatic rings. The summed E-state index contributed by atoms with van der Waals surface area (Å²) in [5.74, 6) is -0.245. The molecule has 5 heteroatoms. The predicted molar refractivity (Wildman–Crippen MR) is 58.3 cm³/mol. The molecule has 0 unspecified atom stereocenters. The van der Waals surface area contributed by atoms with Gasteiger partial charge >= 0.3 is 0 Å². The Hall–Kier alpha value is -0.753. The Labute approximate surface area is 91.0 Å². The number of hydrogen-bond donors (Lipinski definition) is 0. The summed E-state index contributed by atoms with van der Waals surface area (Å²) in [4.78, 5) is 0. The molecule has 0 amide bonds. The lowest BCUT2D eigenvalue weighted by Crippen LogP contribution is -2.47. The highest BCUT2D eigenvalue weighted by molar-refractivity contribution is 6.55. The number of methoxy groups -OCH3 is 3. The van der Waals surface area contributed by atoms with Crippen molar-refractivity contribution < 1.29 is 18.6 Å². The van der Waals surface area contributed by atoms with Crippen LogP contribution in [-0.2, 0) is 14.2 Å². The summed E-state index contributed by atoms with van der Waals surface area (Å²) in [6.45, 7) is 0. The molecular formula is C10H15FO3Si. The molecular weight excluding hydrogens is 215 g/mol. The normalized spacial score (nSPS) is 12.5. The Morgan fingerprint density at radius 3 is 1.87 bits per heavy atom. The van der Waals surface area contributed by atoms with Crippen molar-refractivity contribution in [2.24, 2.45) is 0 Å². The zero-order valence-electron chi connectivity index (χ0n) is 9.12. The van der Waals surface area contributed by atoms with Gasteiger partial charge in [0.25, 0.3) is 5.60 Å². The number of hydrogen-bond acceptors (Lipinski definition) is 3. The van der Waals surface area contributed by atoms with Gasteiger partial charge in [-0.05, 0) is 12.1 Å². The van der Waals surface area contributed by atoms with Crippen molar-refractivity contribution in [1.29, 1.82) is 0 Å². The monoisotopic (exact) mass is 230 g/mol. The highest BCUT2D eigenvalue weighted by Gasteiger charge is 2.29. The van der Waals surface area contributed by atoms with Gasteiger partial charge in [-0.2, -0.15) is 0 Å². The minimum absolute atomic E-state index is 0.245. The van der Waals surface area contributed by atoms with Crippen LogP contribution < -0.4 is 5.19 Å². The first-order valence-electron chi connectivity index (χ1n) is 4.55. The largest absolute Gasteiger partial charge is 0.335 e. The molecule has 1 aromatic rings. The molecule has 84 valence electrons. The first-order valence-corrected chi connectivity index (χ1v) is 5.97. The third kappa shape index (κ3) is 3.10. The van der Waals surface area contributed by atoms with E-state index in [4.69, 9.17) is 14.2 Å². The van der Waals surface area contributed by atoms with Crippen LogP contribution in [0.4, 0.5) is 4.39 Å². The Bertz CT molecular complexity index is 290. The van der Waals surface area contributed by atoms with Crippen LogP contribution in [0.5, 0.6) is 0 Å². The van der Waals surface area contributed by atoms with Gasteiger partial charge in [0.05, 0.1) is 0 Å². The summed E-state index contributed by atoms with van der Waals surface area (Å²) >= 11 is 0. The first-order chi connectivity index (χ1) is 7.15. The van der Waals surface area contributed by atoms with Crippen molar-refractivity contribution >= 4 is 14.7 Å². The average molecular weight is 230 g/mol. The summed E-state index contributed by atoms with van der Waals surface area (Å²) < 4.78 is 28.3. The van der Waals surface area contributed by atoms with E-state index in [0.29, 0.717) is 0 Å². The Balaban J connectivity index is 2.78. The molecule has 0 aliphatic carbocycles. The minimum Gasteiger partial charge on any atom is -0.335 e. The lowest BCUT2D eigenvalue weighted by atomic mass is 10.3. The summed E-state index contributed by atoms with van der Waals surface area (Å²) in [5.41, 5.74) is -0.960. The third-order valence-electron chi connectivity index (χ3n) is 2.27. The number of benzene rings is 1. The SMILES string of the molecule is COC(OC)(OC)[SiH2]c1ccc(F)cc1. The fraction of sp³-hybridized carbons (Fsp3) is 0.400. The van der Waals surface area contributed by atoms with Crippen LogP contribution in [0.15, 0.2) is 24.3 Å². The van der Waals surface area contributed by atoms with E-state index in [1.807, 2.05) is 0 Å². The Kier molecular flexibility index (Phi) is 4.40. The molecule has 0 radical (unpaired) electrons. The molecule has 15 heavy (non-hydrogen) atoms. The summed E-state index contributed by atoms with van der Waals surface area (Å²) in [5, 5.41) is 1.02. The van der Waals surface area contributed by atoms with Crippen molar-refractivity contribution in [2.45, 2.75) is 5.60 Å². The second-order valence-corrected chi connectivity index (χ2v) is 5.13. The second-order valence-electron chi connectivity index (χ2n) is 3.10. The molecule has 1 rings (SSSR count). The van der Waals surface area contributed by atoms with Crippen molar-refractivity contribution in [3.8, 4) is 0 Å². The predicted octanol–water partition coefficient (Wildman–Crippen LogP) is 0.170. The van der Waals surface area contributed by atoms with E-state index in [-0.39, 0.29) is 5.82 Å². The zero-order chi connectivity index (χ0) is 11.3. The van der Waals surface area contributed by atoms with E-state index in [1.54, 1.807) is 12.1 Å². The van der Waals surface area contributed by atoms with E-state index in [1.165, 1.54) is 33.5 Å². The lowest BCUT2D eigenvalue weighted by Gasteiger charge is -2.28. The molecule has 0 fully saturated rings. The van der Waals surface area contributed by atoms with Crippen molar-refractivity contribution in [3.63, 3.8) is 0 Å². The summed E-state index contributed by atoms with van der Waals surface area (Å²) in [6, 6.07) is 6.31. The highest BCUT2D eigenvalue weighted by atomic mass is 28.2. The molecule has 0 heterocycles. The molecule has 0 bridgehead atoms. The summed E-state index contributed by atoms with van der Waals surface area (Å²) in [7, 11) is 3.64. The Morgan fingerprint density at radius 2 is 1.47 bits per heavy atom. The van der Waals surface area contributed by atoms with Gasteiger partial charge in [-0.25, -0.2) is 4.39 Å². The third-order valence-corrected chi connectivity index (χ3v) is 4.45. The maximum absolute atomic E-state index is 12.7. The van der Waals surface area contributed by atoms with Crippen molar-refractivity contribution in [1.82, 2.24) is 0 Å². The van der Waals surface area contributed by atoms with Gasteiger partial charge in [0, 0.05) is 21.3 Å². The van der Waals surface area contributed by atoms with Gasteiger partial charge in [0.2, 0.25) is 0 Å². The van der Waals surface area contributed by atoms with Crippen LogP contribution in [0.3, 0.4) is 0 Å². The zero-order valence-corrected chi connectivity index (χ0v) is 10.5. The van der Waals surface area contributed by atoms with E-state index in [0.717, 1.165) is 5.19 Å². The van der Waals surface area contributed by atoms with Crippen LogP contribution in [0, 0.1) is 5.82 Å². The topological polar surface area (TPSA) is 27.7 Å². The van der Waals surface area contributed by atoms with Gasteiger partial charge in [-0.15, -0.1) is 0 Å². The highest BCUT2D eigenvalue weighted by Crippen LogP contribution is 2.09. The van der Waals surface area contributed by atoms with E-state index >= 15 is 0 Å². The quantitative estimate of drug-likeness (QED) is 0.533. The van der Waals surface area contributed by atoms with Gasteiger partial charge < -0.3 is 14.2 Å². The Morgan fingerprint density at radius 1 is 1.00 bits per heavy atom. The fourth-order valence-corrected chi connectivity index (χ4v) is 2.72. The van der Waals surface area contributed by atoms with Crippen LogP contribution in [0.2, 0.25) is 0 Å². The molecule has 0 saturated heterocycles. The standard InChI is InChI=1S/C10H15FO3Si/c1-12-10(13-2,14-3)15-9-6-4-8(11)5-7-9/h4-7H,15H2,1-3H3. The minimum atomic E-state index is -0.960. The summed E-state index contributed by atoms with van der Waals surface area (Å²) in [6.07, 6.45) is 0. The van der Waals surface area contributed by atoms with Gasteiger partial charge in [-0.1, -0.05) is 17.3 Å². The lowest BCUT2D eigenvalue weighted by molar-refractivity contribution is -0.293. The van der Waals surface area contributed by atoms with Gasteiger partial charge in [-0.3, -0.25) is 0 Å². The van der Waals surface area contributed by atoms with Gasteiger partial charge in [0.15, 0.2) is 9.52 Å². The first kappa shape index (κ1) is 12.3. The number of rotatable bonds is 5.